The van der Waals surface area contributed by atoms with E-state index in [2.05, 4.69) is 26.6 Å². The highest BCUT2D eigenvalue weighted by Gasteiger charge is 2.08. The average Bonchev–Trinajstić information content (AvgIpc) is 2.68. The minimum Gasteiger partial charge on any atom is -0.497 e. The Hall–Kier alpha value is -2.19. The van der Waals surface area contributed by atoms with Gasteiger partial charge in [-0.25, -0.2) is 0 Å². The monoisotopic (exact) mass is 466 g/mol. The maximum absolute atomic E-state index is 12.0. The van der Waals surface area contributed by atoms with Gasteiger partial charge in [0, 0.05) is 22.8 Å². The number of carbonyl (C=O) groups excluding carboxylic acids is 2. The topological polar surface area (TPSA) is 76.7 Å². The molecular weight excluding hydrogens is 444 g/mol. The quantitative estimate of drug-likeness (QED) is 0.560. The maximum Gasteiger partial charge on any atom is 0.234 e. The Morgan fingerprint density at radius 1 is 1.04 bits per heavy atom. The molecule has 2 amide bonds. The van der Waals surface area contributed by atoms with E-state index in [9.17, 15) is 9.59 Å². The Bertz CT molecular complexity index is 817. The van der Waals surface area contributed by atoms with Gasteiger partial charge in [0.1, 0.15) is 11.5 Å². The highest BCUT2D eigenvalue weighted by Crippen LogP contribution is 2.24. The number of rotatable bonds is 10. The van der Waals surface area contributed by atoms with Gasteiger partial charge in [-0.15, -0.1) is 11.8 Å². The van der Waals surface area contributed by atoms with Crippen LogP contribution >= 0.6 is 27.7 Å². The smallest absolute Gasteiger partial charge is 0.234 e. The van der Waals surface area contributed by atoms with Crippen LogP contribution in [0.1, 0.15) is 5.56 Å². The fourth-order valence-corrected chi connectivity index (χ4v) is 3.49. The molecule has 0 saturated heterocycles. The Balaban J connectivity index is 1.67. The van der Waals surface area contributed by atoms with Gasteiger partial charge in [0.15, 0.2) is 0 Å². The van der Waals surface area contributed by atoms with Gasteiger partial charge >= 0.3 is 0 Å². The van der Waals surface area contributed by atoms with Crippen LogP contribution in [0.2, 0.25) is 0 Å². The molecule has 2 aromatic rings. The van der Waals surface area contributed by atoms with Crippen molar-refractivity contribution in [1.29, 1.82) is 0 Å². The van der Waals surface area contributed by atoms with Crippen LogP contribution in [0.25, 0.3) is 0 Å². The number of anilines is 1. The summed E-state index contributed by atoms with van der Waals surface area (Å²) < 4.78 is 11.4. The first kappa shape index (κ1) is 22.1. The fraction of sp³-hybridized carbons (Fsp3) is 0.300. The van der Waals surface area contributed by atoms with Crippen LogP contribution < -0.4 is 20.1 Å². The van der Waals surface area contributed by atoms with Crippen LogP contribution in [0.3, 0.4) is 0 Å². The van der Waals surface area contributed by atoms with Crippen LogP contribution in [0.15, 0.2) is 46.9 Å². The predicted octanol–water partition coefficient (Wildman–Crippen LogP) is 3.50. The second-order valence-electron chi connectivity index (χ2n) is 5.83. The summed E-state index contributed by atoms with van der Waals surface area (Å²) in [7, 11) is 3.21. The summed E-state index contributed by atoms with van der Waals surface area (Å²) in [6.45, 7) is 0.492. The minimum atomic E-state index is -0.140. The predicted molar refractivity (Wildman–Crippen MR) is 116 cm³/mol. The third-order valence-electron chi connectivity index (χ3n) is 3.79. The van der Waals surface area contributed by atoms with Crippen molar-refractivity contribution in [1.82, 2.24) is 5.32 Å². The molecule has 28 heavy (non-hydrogen) atoms. The molecule has 2 aromatic carbocycles. The molecule has 0 aromatic heterocycles. The normalized spacial score (nSPS) is 10.2. The second kappa shape index (κ2) is 11.6. The number of benzene rings is 2. The van der Waals surface area contributed by atoms with E-state index in [1.165, 1.54) is 11.8 Å². The Labute approximate surface area is 177 Å². The van der Waals surface area contributed by atoms with Gasteiger partial charge in [0.2, 0.25) is 11.8 Å². The van der Waals surface area contributed by atoms with Crippen molar-refractivity contribution in [3.8, 4) is 11.5 Å². The summed E-state index contributed by atoms with van der Waals surface area (Å²) >= 11 is 4.63. The zero-order chi connectivity index (χ0) is 20.4. The average molecular weight is 467 g/mol. The number of thioether (sulfide) groups is 1. The van der Waals surface area contributed by atoms with E-state index in [0.29, 0.717) is 13.0 Å². The fourth-order valence-electron chi connectivity index (χ4n) is 2.45. The molecule has 0 aliphatic carbocycles. The maximum atomic E-state index is 12.0. The Morgan fingerprint density at radius 3 is 2.54 bits per heavy atom. The van der Waals surface area contributed by atoms with E-state index >= 15 is 0 Å². The van der Waals surface area contributed by atoms with Crippen LogP contribution in [0, 0.1) is 0 Å². The first-order chi connectivity index (χ1) is 13.5. The molecular formula is C20H23BrN2O4S. The highest BCUT2D eigenvalue weighted by molar-refractivity contribution is 9.10. The number of halogens is 1. The molecule has 0 aliphatic rings. The van der Waals surface area contributed by atoms with Crippen molar-refractivity contribution in [2.24, 2.45) is 0 Å². The molecule has 6 nitrogen and oxygen atoms in total. The summed E-state index contributed by atoms with van der Waals surface area (Å²) in [6, 6.07) is 13.0. The van der Waals surface area contributed by atoms with Crippen molar-refractivity contribution >= 4 is 45.2 Å². The number of carbonyl (C=O) groups is 2. The second-order valence-corrected chi connectivity index (χ2v) is 7.73. The van der Waals surface area contributed by atoms with Crippen LogP contribution in [-0.4, -0.2) is 44.1 Å². The minimum absolute atomic E-state index is 0.104. The standard InChI is InChI=1S/C20H23BrN2O4S/c1-26-17-7-6-14(18(11-17)27-2)8-9-22-19(24)12-28-13-20(25)23-16-5-3-4-15(21)10-16/h3-7,10-11H,8-9,12-13H2,1-2H3,(H,22,24)(H,23,25). The van der Waals surface area contributed by atoms with Gasteiger partial charge < -0.3 is 20.1 Å². The molecule has 0 fully saturated rings. The number of ether oxygens (including phenoxy) is 2. The molecule has 0 unspecified atom stereocenters. The van der Waals surface area contributed by atoms with Gasteiger partial charge in [0.05, 0.1) is 25.7 Å². The largest absolute Gasteiger partial charge is 0.497 e. The van der Waals surface area contributed by atoms with Gasteiger partial charge in [-0.2, -0.15) is 0 Å². The SMILES string of the molecule is COc1ccc(CCNC(=O)CSCC(=O)Nc2cccc(Br)c2)c(OC)c1. The zero-order valence-corrected chi connectivity index (χ0v) is 18.2. The lowest BCUT2D eigenvalue weighted by Gasteiger charge is -2.11. The third-order valence-corrected chi connectivity index (χ3v) is 5.21. The molecule has 2 N–H and O–H groups in total. The highest BCUT2D eigenvalue weighted by atomic mass is 79.9. The van der Waals surface area contributed by atoms with Gasteiger partial charge in [-0.1, -0.05) is 28.1 Å². The van der Waals surface area contributed by atoms with Crippen molar-refractivity contribution in [2.45, 2.75) is 6.42 Å². The summed E-state index contributed by atoms with van der Waals surface area (Å²) in [6.07, 6.45) is 0.646. The van der Waals surface area contributed by atoms with Crippen molar-refractivity contribution in [3.05, 3.63) is 52.5 Å². The van der Waals surface area contributed by atoms with Crippen LogP contribution in [0.4, 0.5) is 5.69 Å². The molecule has 0 aliphatic heterocycles. The number of nitrogens with one attached hydrogen (secondary N) is 2. The van der Waals surface area contributed by atoms with E-state index in [0.717, 1.165) is 27.2 Å². The number of amides is 2. The molecule has 0 saturated carbocycles. The molecule has 150 valence electrons. The molecule has 0 atom stereocenters. The Morgan fingerprint density at radius 2 is 1.82 bits per heavy atom. The van der Waals surface area contributed by atoms with Crippen LogP contribution in [0.5, 0.6) is 11.5 Å². The summed E-state index contributed by atoms with van der Waals surface area (Å²) in [4.78, 5) is 23.9. The number of hydrogen-bond acceptors (Lipinski definition) is 5. The lowest BCUT2D eigenvalue weighted by Crippen LogP contribution is -2.28. The van der Waals surface area contributed by atoms with E-state index in [4.69, 9.17) is 9.47 Å². The zero-order valence-electron chi connectivity index (χ0n) is 15.8. The van der Waals surface area contributed by atoms with Crippen molar-refractivity contribution in [3.63, 3.8) is 0 Å². The summed E-state index contributed by atoms with van der Waals surface area (Å²) in [5.41, 5.74) is 1.71. The van der Waals surface area contributed by atoms with E-state index < -0.39 is 0 Å². The van der Waals surface area contributed by atoms with E-state index in [1.807, 2.05) is 42.5 Å². The van der Waals surface area contributed by atoms with E-state index in [1.54, 1.807) is 14.2 Å². The summed E-state index contributed by atoms with van der Waals surface area (Å²) in [5.74, 6) is 1.65. The van der Waals surface area contributed by atoms with Gasteiger partial charge in [-0.05, 0) is 36.2 Å². The first-order valence-corrected chi connectivity index (χ1v) is 10.6. The van der Waals surface area contributed by atoms with Gasteiger partial charge in [-0.3, -0.25) is 9.59 Å². The third kappa shape index (κ3) is 7.44. The van der Waals surface area contributed by atoms with Gasteiger partial charge in [0.25, 0.3) is 0 Å². The Kier molecular flexibility index (Phi) is 9.16. The van der Waals surface area contributed by atoms with E-state index in [-0.39, 0.29) is 23.3 Å². The summed E-state index contributed by atoms with van der Waals surface area (Å²) in [5, 5.41) is 5.66. The lowest BCUT2D eigenvalue weighted by atomic mass is 10.1. The molecule has 0 bridgehead atoms. The van der Waals surface area contributed by atoms with Crippen LogP contribution in [-0.2, 0) is 16.0 Å². The molecule has 0 heterocycles. The first-order valence-electron chi connectivity index (χ1n) is 8.62. The molecule has 0 radical (unpaired) electrons. The van der Waals surface area contributed by atoms with Crippen molar-refractivity contribution < 1.29 is 19.1 Å². The molecule has 2 rings (SSSR count). The lowest BCUT2D eigenvalue weighted by molar-refractivity contribution is -0.118. The number of hydrogen-bond donors (Lipinski definition) is 2. The van der Waals surface area contributed by atoms with Crippen molar-refractivity contribution in [2.75, 3.05) is 37.6 Å². The number of methoxy groups -OCH3 is 2. The molecule has 0 spiro atoms. The molecule has 8 heteroatoms.